The number of guanidine groups is 1. The highest BCUT2D eigenvalue weighted by Gasteiger charge is 2.01. The zero-order chi connectivity index (χ0) is 18.1. The standard InChI is InChI=1S/C19H25FN4O/c1-15-6-5-7-18(25)24(15)13-4-3-12-22-19(21-2)23-14-16-8-10-17(20)11-9-16/h5-11H,3-4,12-14H2,1-2H3,(H2,21,22,23). The number of unbranched alkanes of at least 4 members (excludes halogenated alkanes) is 1. The summed E-state index contributed by atoms with van der Waals surface area (Å²) in [5.74, 6) is 0.469. The lowest BCUT2D eigenvalue weighted by Gasteiger charge is -2.13. The average Bonchev–Trinajstić information content (AvgIpc) is 2.61. The molecule has 134 valence electrons. The van der Waals surface area contributed by atoms with Gasteiger partial charge in [0.05, 0.1) is 0 Å². The zero-order valence-electron chi connectivity index (χ0n) is 14.8. The number of halogens is 1. The van der Waals surface area contributed by atoms with Crippen molar-refractivity contribution in [2.24, 2.45) is 4.99 Å². The van der Waals surface area contributed by atoms with Crippen LogP contribution in [0.15, 0.2) is 52.3 Å². The topological polar surface area (TPSA) is 58.4 Å². The van der Waals surface area contributed by atoms with Gasteiger partial charge < -0.3 is 15.2 Å². The highest BCUT2D eigenvalue weighted by molar-refractivity contribution is 5.79. The Balaban J connectivity index is 1.69. The van der Waals surface area contributed by atoms with Crippen molar-refractivity contribution in [2.75, 3.05) is 13.6 Å². The van der Waals surface area contributed by atoms with Gasteiger partial charge in [-0.1, -0.05) is 18.2 Å². The van der Waals surface area contributed by atoms with Crippen LogP contribution >= 0.6 is 0 Å². The quantitative estimate of drug-likeness (QED) is 0.461. The monoisotopic (exact) mass is 344 g/mol. The van der Waals surface area contributed by atoms with E-state index >= 15 is 0 Å². The van der Waals surface area contributed by atoms with Gasteiger partial charge in [-0.25, -0.2) is 4.39 Å². The molecule has 2 rings (SSSR count). The first-order valence-corrected chi connectivity index (χ1v) is 8.45. The molecule has 0 fully saturated rings. The molecule has 2 aromatic rings. The highest BCUT2D eigenvalue weighted by atomic mass is 19.1. The maximum Gasteiger partial charge on any atom is 0.250 e. The van der Waals surface area contributed by atoms with E-state index in [9.17, 15) is 9.18 Å². The molecule has 2 N–H and O–H groups in total. The Morgan fingerprint density at radius 1 is 1.12 bits per heavy atom. The van der Waals surface area contributed by atoms with Gasteiger partial charge in [0, 0.05) is 38.4 Å². The molecule has 0 atom stereocenters. The smallest absolute Gasteiger partial charge is 0.250 e. The van der Waals surface area contributed by atoms with E-state index in [4.69, 9.17) is 0 Å². The minimum Gasteiger partial charge on any atom is -0.356 e. The van der Waals surface area contributed by atoms with Crippen molar-refractivity contribution in [3.63, 3.8) is 0 Å². The fourth-order valence-electron chi connectivity index (χ4n) is 2.52. The van der Waals surface area contributed by atoms with Gasteiger partial charge >= 0.3 is 0 Å². The second-order valence-electron chi connectivity index (χ2n) is 5.84. The van der Waals surface area contributed by atoms with Crippen LogP contribution in [0, 0.1) is 12.7 Å². The number of nitrogens with zero attached hydrogens (tertiary/aromatic N) is 2. The molecule has 1 heterocycles. The molecule has 0 aliphatic carbocycles. The minimum atomic E-state index is -0.237. The van der Waals surface area contributed by atoms with Crippen LogP contribution in [0.1, 0.15) is 24.1 Å². The van der Waals surface area contributed by atoms with E-state index in [-0.39, 0.29) is 11.4 Å². The van der Waals surface area contributed by atoms with Crippen LogP contribution < -0.4 is 16.2 Å². The molecule has 0 unspecified atom stereocenters. The van der Waals surface area contributed by atoms with E-state index in [1.54, 1.807) is 35.9 Å². The summed E-state index contributed by atoms with van der Waals surface area (Å²) in [5, 5.41) is 6.44. The second kappa shape index (κ2) is 9.61. The molecule has 0 bridgehead atoms. The van der Waals surface area contributed by atoms with Gasteiger partial charge in [0.1, 0.15) is 5.82 Å². The largest absolute Gasteiger partial charge is 0.356 e. The molecule has 1 aromatic heterocycles. The third-order valence-corrected chi connectivity index (χ3v) is 3.97. The van der Waals surface area contributed by atoms with Crippen LogP contribution in [-0.2, 0) is 13.1 Å². The SMILES string of the molecule is CN=C(NCCCCn1c(C)cccc1=O)NCc1ccc(F)cc1. The van der Waals surface area contributed by atoms with Crippen LogP contribution in [0.4, 0.5) is 4.39 Å². The van der Waals surface area contributed by atoms with E-state index in [2.05, 4.69) is 15.6 Å². The van der Waals surface area contributed by atoms with Crippen molar-refractivity contribution in [3.8, 4) is 0 Å². The lowest BCUT2D eigenvalue weighted by atomic mass is 10.2. The molecule has 0 radical (unpaired) electrons. The lowest BCUT2D eigenvalue weighted by Crippen LogP contribution is -2.37. The fraction of sp³-hybridized carbons (Fsp3) is 0.368. The van der Waals surface area contributed by atoms with Crippen LogP contribution in [0.2, 0.25) is 0 Å². The number of hydrogen-bond donors (Lipinski definition) is 2. The number of pyridine rings is 1. The normalized spacial score (nSPS) is 11.4. The van der Waals surface area contributed by atoms with Crippen molar-refractivity contribution in [1.29, 1.82) is 0 Å². The van der Waals surface area contributed by atoms with Gasteiger partial charge in [0.2, 0.25) is 0 Å². The summed E-state index contributed by atoms with van der Waals surface area (Å²) in [7, 11) is 1.72. The summed E-state index contributed by atoms with van der Waals surface area (Å²) in [6.07, 6.45) is 1.84. The van der Waals surface area contributed by atoms with E-state index in [0.29, 0.717) is 12.5 Å². The third-order valence-electron chi connectivity index (χ3n) is 3.97. The lowest BCUT2D eigenvalue weighted by molar-refractivity contribution is 0.575. The molecular formula is C19H25FN4O. The van der Waals surface area contributed by atoms with Crippen LogP contribution in [-0.4, -0.2) is 24.1 Å². The molecule has 0 aliphatic rings. The first kappa shape index (κ1) is 18.7. The molecule has 25 heavy (non-hydrogen) atoms. The van der Waals surface area contributed by atoms with E-state index in [1.807, 2.05) is 13.0 Å². The maximum atomic E-state index is 12.9. The first-order valence-electron chi connectivity index (χ1n) is 8.45. The molecule has 0 amide bonds. The Kier molecular flexibility index (Phi) is 7.19. The maximum absolute atomic E-state index is 12.9. The minimum absolute atomic E-state index is 0.0460. The van der Waals surface area contributed by atoms with Crippen LogP contribution in [0.3, 0.4) is 0 Å². The van der Waals surface area contributed by atoms with Crippen LogP contribution in [0.5, 0.6) is 0 Å². The Morgan fingerprint density at radius 2 is 1.88 bits per heavy atom. The summed E-state index contributed by atoms with van der Waals surface area (Å²) in [5.41, 5.74) is 2.02. The number of rotatable bonds is 7. The summed E-state index contributed by atoms with van der Waals surface area (Å²) < 4.78 is 14.7. The van der Waals surface area contributed by atoms with E-state index in [1.165, 1.54) is 12.1 Å². The molecule has 0 aliphatic heterocycles. The Morgan fingerprint density at radius 3 is 2.56 bits per heavy atom. The summed E-state index contributed by atoms with van der Waals surface area (Å²) in [6.45, 7) is 4.01. The highest BCUT2D eigenvalue weighted by Crippen LogP contribution is 2.02. The Hall–Kier alpha value is -2.63. The summed E-state index contributed by atoms with van der Waals surface area (Å²) >= 11 is 0. The summed E-state index contributed by atoms with van der Waals surface area (Å²) in [6, 6.07) is 11.7. The molecule has 1 aromatic carbocycles. The molecule has 0 saturated heterocycles. The van der Waals surface area contributed by atoms with Crippen molar-refractivity contribution in [3.05, 3.63) is 69.9 Å². The predicted molar refractivity (Wildman–Crippen MR) is 99.3 cm³/mol. The Bertz CT molecular complexity index is 753. The van der Waals surface area contributed by atoms with Gasteiger partial charge in [0.15, 0.2) is 5.96 Å². The number of nitrogens with one attached hydrogen (secondary N) is 2. The van der Waals surface area contributed by atoms with E-state index in [0.717, 1.165) is 37.2 Å². The zero-order valence-corrected chi connectivity index (χ0v) is 14.8. The van der Waals surface area contributed by atoms with Gasteiger partial charge in [-0.2, -0.15) is 0 Å². The number of aryl methyl sites for hydroxylation is 1. The van der Waals surface area contributed by atoms with Gasteiger partial charge in [-0.15, -0.1) is 0 Å². The molecule has 6 heteroatoms. The van der Waals surface area contributed by atoms with Gasteiger partial charge in [0.25, 0.3) is 5.56 Å². The number of benzene rings is 1. The third kappa shape index (κ3) is 6.06. The van der Waals surface area contributed by atoms with Gasteiger partial charge in [-0.05, 0) is 43.5 Å². The molecule has 0 saturated carbocycles. The second-order valence-corrected chi connectivity index (χ2v) is 5.84. The number of aromatic nitrogens is 1. The average molecular weight is 344 g/mol. The molecule has 0 spiro atoms. The van der Waals surface area contributed by atoms with Crippen molar-refractivity contribution >= 4 is 5.96 Å². The predicted octanol–water partition coefficient (Wildman–Crippen LogP) is 2.44. The van der Waals surface area contributed by atoms with Crippen molar-refractivity contribution in [2.45, 2.75) is 32.9 Å². The summed E-state index contributed by atoms with van der Waals surface area (Å²) in [4.78, 5) is 16.0. The number of hydrogen-bond acceptors (Lipinski definition) is 2. The first-order chi connectivity index (χ1) is 12.1. The van der Waals surface area contributed by atoms with Crippen molar-refractivity contribution in [1.82, 2.24) is 15.2 Å². The van der Waals surface area contributed by atoms with E-state index < -0.39 is 0 Å². The Labute approximate surface area is 147 Å². The molecule has 5 nitrogen and oxygen atoms in total. The van der Waals surface area contributed by atoms with Crippen LogP contribution in [0.25, 0.3) is 0 Å². The molecular weight excluding hydrogens is 319 g/mol. The van der Waals surface area contributed by atoms with Gasteiger partial charge in [-0.3, -0.25) is 9.79 Å². The fourth-order valence-corrected chi connectivity index (χ4v) is 2.52. The number of aliphatic imine (C=N–C) groups is 1. The van der Waals surface area contributed by atoms with Crippen molar-refractivity contribution < 1.29 is 4.39 Å².